The van der Waals surface area contributed by atoms with Gasteiger partial charge in [-0.25, -0.2) is 0 Å². The maximum absolute atomic E-state index is 2.91. The minimum atomic E-state index is -2.91. The van der Waals surface area contributed by atoms with E-state index >= 15 is 0 Å². The van der Waals surface area contributed by atoms with Crippen LogP contribution in [0.25, 0.3) is 44.2 Å². The van der Waals surface area contributed by atoms with Crippen molar-refractivity contribution in [1.29, 1.82) is 0 Å². The van der Waals surface area contributed by atoms with E-state index < -0.39 is 8.07 Å². The third-order valence-electron chi connectivity index (χ3n) is 14.7. The van der Waals surface area contributed by atoms with Crippen molar-refractivity contribution in [2.24, 2.45) is 0 Å². The highest BCUT2D eigenvalue weighted by atomic mass is 28.3. The topological polar surface area (TPSA) is 3.24 Å². The van der Waals surface area contributed by atoms with Gasteiger partial charge in [-0.05, 0) is 134 Å². The molecule has 1 aliphatic carbocycles. The molecular formula is C63H57NSi. The van der Waals surface area contributed by atoms with Crippen LogP contribution < -0.4 is 25.6 Å². The second-order valence-electron chi connectivity index (χ2n) is 21.0. The van der Waals surface area contributed by atoms with E-state index in [1.165, 1.54) is 87.2 Å². The monoisotopic (exact) mass is 855 g/mol. The molecule has 9 aromatic carbocycles. The summed E-state index contributed by atoms with van der Waals surface area (Å²) in [7, 11) is -2.91. The van der Waals surface area contributed by atoms with Gasteiger partial charge in [0.25, 0.3) is 0 Å². The van der Waals surface area contributed by atoms with E-state index in [1.807, 2.05) is 0 Å². The summed E-state index contributed by atoms with van der Waals surface area (Å²) < 4.78 is 0. The highest BCUT2D eigenvalue weighted by molar-refractivity contribution is 7.22. The van der Waals surface area contributed by atoms with Crippen LogP contribution in [0.5, 0.6) is 0 Å². The Balaban J connectivity index is 1.16. The molecule has 0 fully saturated rings. The van der Waals surface area contributed by atoms with Crippen LogP contribution in [0.4, 0.5) is 17.1 Å². The van der Waals surface area contributed by atoms with Crippen LogP contribution in [0.3, 0.4) is 0 Å². The van der Waals surface area contributed by atoms with Gasteiger partial charge in [0.1, 0.15) is 0 Å². The highest BCUT2D eigenvalue weighted by Gasteiger charge is 2.50. The van der Waals surface area contributed by atoms with Gasteiger partial charge in [0.05, 0.1) is 0 Å². The lowest BCUT2D eigenvalue weighted by molar-refractivity contribution is 0.590. The molecule has 0 radical (unpaired) electrons. The SMILES string of the molecule is CC(C)(C)c1ccc2c(c1)[Si](c1ccccc1)(c1cccc(N(c3ccc(-c4cccc5ccccc45)cc3)c3ccc4c(c3)C(C)(C)c3ccccc3-4)c1)c1cc(C(C)(C)C)ccc1-2. The minimum absolute atomic E-state index is 0.00491. The van der Waals surface area contributed by atoms with E-state index in [-0.39, 0.29) is 16.2 Å². The zero-order valence-electron chi connectivity index (χ0n) is 39.0. The number of hydrogen-bond donors (Lipinski definition) is 0. The summed E-state index contributed by atoms with van der Waals surface area (Å²) in [6.45, 7) is 18.9. The largest absolute Gasteiger partial charge is 0.310 e. The summed E-state index contributed by atoms with van der Waals surface area (Å²) >= 11 is 0. The Hall–Kier alpha value is -6.74. The Bertz CT molecular complexity index is 3240. The molecule has 9 aromatic rings. The summed E-state index contributed by atoms with van der Waals surface area (Å²) in [5.74, 6) is 0. The summed E-state index contributed by atoms with van der Waals surface area (Å²) in [5, 5.41) is 8.30. The number of benzene rings is 9. The lowest BCUT2D eigenvalue weighted by Crippen LogP contribution is -2.73. The first kappa shape index (κ1) is 41.0. The number of nitrogens with zero attached hydrogens (tertiary/aromatic N) is 1. The molecule has 65 heavy (non-hydrogen) atoms. The predicted octanol–water partition coefficient (Wildman–Crippen LogP) is 14.2. The van der Waals surface area contributed by atoms with E-state index in [0.717, 1.165) is 17.1 Å². The fourth-order valence-corrected chi connectivity index (χ4v) is 16.4. The predicted molar refractivity (Wildman–Crippen MR) is 282 cm³/mol. The molecule has 0 atom stereocenters. The molecule has 2 heteroatoms. The van der Waals surface area contributed by atoms with Crippen LogP contribution in [-0.2, 0) is 16.2 Å². The first-order chi connectivity index (χ1) is 31.2. The fraction of sp³-hybridized carbons (Fsp3) is 0.175. The average molecular weight is 856 g/mol. The van der Waals surface area contributed by atoms with Crippen molar-refractivity contribution in [2.75, 3.05) is 4.90 Å². The molecule has 0 unspecified atom stereocenters. The molecule has 318 valence electrons. The van der Waals surface area contributed by atoms with Gasteiger partial charge < -0.3 is 4.90 Å². The molecule has 0 bridgehead atoms. The lowest BCUT2D eigenvalue weighted by Gasteiger charge is -2.34. The van der Waals surface area contributed by atoms with E-state index in [0.29, 0.717) is 0 Å². The van der Waals surface area contributed by atoms with Crippen molar-refractivity contribution in [2.45, 2.75) is 71.6 Å². The van der Waals surface area contributed by atoms with Crippen LogP contribution in [0.15, 0.2) is 200 Å². The number of fused-ring (bicyclic) bond motifs is 7. The minimum Gasteiger partial charge on any atom is -0.310 e. The molecule has 0 spiro atoms. The molecule has 1 nitrogen and oxygen atoms in total. The zero-order chi connectivity index (χ0) is 44.9. The van der Waals surface area contributed by atoms with Gasteiger partial charge in [0.2, 0.25) is 0 Å². The van der Waals surface area contributed by atoms with E-state index in [1.54, 1.807) is 0 Å². The Morgan fingerprint density at radius 2 is 0.908 bits per heavy atom. The molecule has 0 amide bonds. The van der Waals surface area contributed by atoms with E-state index in [2.05, 4.69) is 260 Å². The Kier molecular flexibility index (Phi) is 9.40. The average Bonchev–Trinajstić information content (AvgIpc) is 3.74. The van der Waals surface area contributed by atoms with Gasteiger partial charge in [0, 0.05) is 22.5 Å². The smallest absolute Gasteiger partial charge is 0.180 e. The molecule has 0 aromatic heterocycles. The molecular weight excluding hydrogens is 799 g/mol. The van der Waals surface area contributed by atoms with Gasteiger partial charge in [-0.15, -0.1) is 0 Å². The van der Waals surface area contributed by atoms with Crippen molar-refractivity contribution in [1.82, 2.24) is 0 Å². The number of rotatable bonds is 6. The molecule has 0 saturated heterocycles. The number of anilines is 3. The molecule has 0 saturated carbocycles. The Morgan fingerprint density at radius 3 is 1.60 bits per heavy atom. The third kappa shape index (κ3) is 6.48. The highest BCUT2D eigenvalue weighted by Crippen LogP contribution is 2.51. The van der Waals surface area contributed by atoms with E-state index in [4.69, 9.17) is 0 Å². The first-order valence-electron chi connectivity index (χ1n) is 23.3. The maximum Gasteiger partial charge on any atom is 0.180 e. The molecule has 1 aliphatic heterocycles. The van der Waals surface area contributed by atoms with Gasteiger partial charge in [-0.2, -0.15) is 0 Å². The standard InChI is InChI=1S/C63H57NSi/c1-61(2,3)44-30-35-55-56-36-31-45(62(4,5)6)39-60(56)65(59(55)38-44,49-21-10-9-11-22-49)50-23-17-20-47(40-50)64(48-34-37-54-53-25-14-15-27-57(53)63(7,8)58(54)41-48)46-32-28-43(29-33-46)52-26-16-19-42-18-12-13-24-51(42)52/h9-41H,1-8H3. The van der Waals surface area contributed by atoms with Crippen LogP contribution in [0.2, 0.25) is 0 Å². The van der Waals surface area contributed by atoms with Gasteiger partial charge in [-0.1, -0.05) is 219 Å². The number of hydrogen-bond acceptors (Lipinski definition) is 1. The van der Waals surface area contributed by atoms with Gasteiger partial charge in [-0.3, -0.25) is 0 Å². The summed E-state index contributed by atoms with van der Waals surface area (Å²) in [6.07, 6.45) is 0. The van der Waals surface area contributed by atoms with Crippen molar-refractivity contribution in [3.8, 4) is 33.4 Å². The Labute approximate surface area is 387 Å². The summed E-state index contributed by atoms with van der Waals surface area (Å²) in [6, 6.07) is 76.7. The van der Waals surface area contributed by atoms with E-state index in [9.17, 15) is 0 Å². The second-order valence-corrected chi connectivity index (χ2v) is 24.7. The van der Waals surface area contributed by atoms with Crippen molar-refractivity contribution < 1.29 is 0 Å². The third-order valence-corrected chi connectivity index (χ3v) is 19.5. The molecule has 1 heterocycles. The fourth-order valence-electron chi connectivity index (χ4n) is 11.2. The molecule has 0 N–H and O–H groups in total. The Morgan fingerprint density at radius 1 is 0.385 bits per heavy atom. The van der Waals surface area contributed by atoms with Crippen LogP contribution in [0, 0.1) is 0 Å². The zero-order valence-corrected chi connectivity index (χ0v) is 40.0. The maximum atomic E-state index is 2.59. The van der Waals surface area contributed by atoms with Crippen molar-refractivity contribution in [3.63, 3.8) is 0 Å². The van der Waals surface area contributed by atoms with Crippen LogP contribution >= 0.6 is 0 Å². The quantitative estimate of drug-likeness (QED) is 0.151. The molecule has 2 aliphatic rings. The van der Waals surface area contributed by atoms with Gasteiger partial charge in [0.15, 0.2) is 8.07 Å². The van der Waals surface area contributed by atoms with Crippen molar-refractivity contribution >= 4 is 56.7 Å². The summed E-state index contributed by atoms with van der Waals surface area (Å²) in [4.78, 5) is 2.51. The van der Waals surface area contributed by atoms with Crippen LogP contribution in [-0.4, -0.2) is 8.07 Å². The first-order valence-corrected chi connectivity index (χ1v) is 25.3. The van der Waals surface area contributed by atoms with Gasteiger partial charge >= 0.3 is 0 Å². The van der Waals surface area contributed by atoms with Crippen molar-refractivity contribution in [3.05, 3.63) is 222 Å². The second kappa shape index (κ2) is 14.9. The summed E-state index contributed by atoms with van der Waals surface area (Å²) in [5.41, 5.74) is 16.7. The molecule has 11 rings (SSSR count). The van der Waals surface area contributed by atoms with Crippen LogP contribution in [0.1, 0.15) is 77.6 Å². The normalized spacial score (nSPS) is 14.4. The lowest BCUT2D eigenvalue weighted by atomic mass is 9.82.